The van der Waals surface area contributed by atoms with Crippen LogP contribution in [0.1, 0.15) is 42.1 Å². The lowest BCUT2D eigenvalue weighted by molar-refractivity contribution is -0.374. The molecule has 2 fully saturated rings. The highest BCUT2D eigenvalue weighted by Crippen LogP contribution is 2.28. The average Bonchev–Trinajstić information content (AvgIpc) is 3.01. The summed E-state index contributed by atoms with van der Waals surface area (Å²) in [5, 5.41) is 77.3. The van der Waals surface area contributed by atoms with E-state index in [1.807, 2.05) is 12.1 Å². The van der Waals surface area contributed by atoms with Gasteiger partial charge in [0.25, 0.3) is 5.91 Å². The van der Waals surface area contributed by atoms with Crippen molar-refractivity contribution in [3.05, 3.63) is 35.4 Å². The number of hydrogen-bond acceptors (Lipinski definition) is 13. The van der Waals surface area contributed by atoms with E-state index in [0.717, 1.165) is 12.0 Å². The van der Waals surface area contributed by atoms with Crippen molar-refractivity contribution in [1.82, 2.24) is 16.0 Å². The molecule has 0 radical (unpaired) electrons. The first-order valence-electron chi connectivity index (χ1n) is 13.9. The number of ether oxygens (including phenoxy) is 3. The van der Waals surface area contributed by atoms with E-state index in [0.29, 0.717) is 11.5 Å². The molecule has 1 aromatic rings. The molecular weight excluding hydrogens is 574 g/mol. The molecule has 0 spiro atoms. The Morgan fingerprint density at radius 3 is 1.84 bits per heavy atom. The fourth-order valence-corrected chi connectivity index (χ4v) is 4.49. The Morgan fingerprint density at radius 2 is 1.28 bits per heavy atom. The van der Waals surface area contributed by atoms with Crippen LogP contribution in [0.25, 0.3) is 0 Å². The first kappa shape index (κ1) is 34.7. The number of carbonyl (C=O) groups is 3. The van der Waals surface area contributed by atoms with Crippen LogP contribution in [-0.4, -0.2) is 141 Å². The van der Waals surface area contributed by atoms with Gasteiger partial charge in [0.15, 0.2) is 12.6 Å². The van der Waals surface area contributed by atoms with Crippen LogP contribution in [0.2, 0.25) is 0 Å². The Morgan fingerprint density at radius 1 is 0.767 bits per heavy atom. The van der Waals surface area contributed by atoms with Gasteiger partial charge in [0.05, 0.1) is 19.7 Å². The lowest BCUT2D eigenvalue weighted by Gasteiger charge is -2.44. The maximum absolute atomic E-state index is 12.3. The molecule has 43 heavy (non-hydrogen) atoms. The largest absolute Gasteiger partial charge is 0.394 e. The van der Waals surface area contributed by atoms with E-state index in [9.17, 15) is 50.1 Å². The molecule has 11 atom stereocenters. The summed E-state index contributed by atoms with van der Waals surface area (Å²) in [4.78, 5) is 36.7. The van der Waals surface area contributed by atoms with Gasteiger partial charge in [-0.1, -0.05) is 26.0 Å². The number of nitrogens with one attached hydrogen (secondary N) is 3. The van der Waals surface area contributed by atoms with Crippen LogP contribution in [-0.2, 0) is 23.8 Å². The third-order valence-corrected chi connectivity index (χ3v) is 7.50. The van der Waals surface area contributed by atoms with E-state index in [-0.39, 0.29) is 6.54 Å². The summed E-state index contributed by atoms with van der Waals surface area (Å²) in [6.45, 7) is 2.13. The Bertz CT molecular complexity index is 1070. The van der Waals surface area contributed by atoms with E-state index in [1.54, 1.807) is 12.1 Å². The van der Waals surface area contributed by atoms with Gasteiger partial charge in [-0.05, 0) is 30.0 Å². The molecule has 0 saturated carbocycles. The molecule has 0 aromatic heterocycles. The second kappa shape index (κ2) is 15.8. The molecule has 242 valence electrons. The molecule has 10 N–H and O–H groups in total. The Labute approximate surface area is 247 Å². The second-order valence-corrected chi connectivity index (χ2v) is 10.5. The predicted octanol–water partition coefficient (Wildman–Crippen LogP) is -4.21. The maximum atomic E-state index is 12.3. The summed E-state index contributed by atoms with van der Waals surface area (Å²) >= 11 is 0. The zero-order chi connectivity index (χ0) is 31.8. The summed E-state index contributed by atoms with van der Waals surface area (Å²) in [7, 11) is 0. The number of aliphatic hydroxyl groups is 7. The van der Waals surface area contributed by atoms with Gasteiger partial charge < -0.3 is 65.9 Å². The van der Waals surface area contributed by atoms with Crippen molar-refractivity contribution in [3.8, 4) is 0 Å². The molecule has 2 aliphatic rings. The molecule has 3 rings (SSSR count). The van der Waals surface area contributed by atoms with Gasteiger partial charge in [0, 0.05) is 12.1 Å². The van der Waals surface area contributed by atoms with Crippen LogP contribution in [0.4, 0.5) is 0 Å². The number of rotatable bonds is 12. The summed E-state index contributed by atoms with van der Waals surface area (Å²) < 4.78 is 16.0. The number of aliphatic hydroxyl groups excluding tert-OH is 7. The number of hydrogen-bond donors (Lipinski definition) is 10. The van der Waals surface area contributed by atoms with E-state index < -0.39 is 98.8 Å². The van der Waals surface area contributed by atoms with Crippen LogP contribution < -0.4 is 16.0 Å². The van der Waals surface area contributed by atoms with Crippen LogP contribution in [0.5, 0.6) is 0 Å². The minimum Gasteiger partial charge on any atom is -0.394 e. The van der Waals surface area contributed by atoms with Gasteiger partial charge in [-0.15, -0.1) is 0 Å². The Hall–Kier alpha value is -2.77. The number of amides is 3. The van der Waals surface area contributed by atoms with Crippen molar-refractivity contribution in [2.75, 3.05) is 26.2 Å². The summed E-state index contributed by atoms with van der Waals surface area (Å²) in [5.74, 6) is -1.45. The monoisotopic (exact) mass is 615 g/mol. The second-order valence-electron chi connectivity index (χ2n) is 10.5. The van der Waals surface area contributed by atoms with E-state index in [1.165, 1.54) is 0 Å². The zero-order valence-electron chi connectivity index (χ0n) is 23.8. The van der Waals surface area contributed by atoms with Crippen LogP contribution in [0, 0.1) is 0 Å². The predicted molar refractivity (Wildman–Crippen MR) is 145 cm³/mol. The fourth-order valence-electron chi connectivity index (χ4n) is 4.49. The smallest absolute Gasteiger partial charge is 0.251 e. The Kier molecular flexibility index (Phi) is 12.8. The molecule has 0 aliphatic carbocycles. The molecule has 1 aromatic carbocycles. The van der Waals surface area contributed by atoms with Gasteiger partial charge in [0.1, 0.15) is 48.8 Å². The van der Waals surface area contributed by atoms with E-state index in [4.69, 9.17) is 14.2 Å². The number of benzene rings is 1. The molecule has 0 bridgehead atoms. The molecule has 2 aliphatic heterocycles. The van der Waals surface area contributed by atoms with Crippen LogP contribution in [0.15, 0.2) is 24.3 Å². The number of carbonyl (C=O) groups excluding carboxylic acids is 3. The average molecular weight is 616 g/mol. The topological polar surface area (TPSA) is 257 Å². The maximum Gasteiger partial charge on any atom is 0.251 e. The standard InChI is InChI=1S/C27H41N3O13/c1-3-12(2)13-4-6-14(7-5-13)25(40)30-10-18(33)29-9-17(32)28-8-15-19(34)21(36)23(38)26(41-15)43-27-24(39)22(37)20(35)16(11-31)42-27/h4-7,12,15-16,19-24,26-27,31,34-39H,3,8-11H2,1-2H3,(H,28,32)(H,29,33)(H,30,40)/t12?,15?,16?,19-,20+,21?,22?,23?,24?,26+,27-/m1/s1. The highest BCUT2D eigenvalue weighted by Gasteiger charge is 2.49. The first-order chi connectivity index (χ1) is 20.4. The van der Waals surface area contributed by atoms with Crippen molar-refractivity contribution in [3.63, 3.8) is 0 Å². The van der Waals surface area contributed by atoms with Crippen molar-refractivity contribution >= 4 is 17.7 Å². The highest BCUT2D eigenvalue weighted by molar-refractivity contribution is 5.96. The van der Waals surface area contributed by atoms with E-state index in [2.05, 4.69) is 29.8 Å². The minimum atomic E-state index is -1.85. The summed E-state index contributed by atoms with van der Waals surface area (Å²) in [6, 6.07) is 7.03. The Balaban J connectivity index is 1.44. The lowest BCUT2D eigenvalue weighted by Crippen LogP contribution is -2.64. The zero-order valence-corrected chi connectivity index (χ0v) is 23.8. The van der Waals surface area contributed by atoms with Gasteiger partial charge in [0.2, 0.25) is 11.8 Å². The summed E-state index contributed by atoms with van der Waals surface area (Å²) in [5.41, 5.74) is 1.47. The summed E-state index contributed by atoms with van der Waals surface area (Å²) in [6.07, 6.45) is -15.7. The van der Waals surface area contributed by atoms with Crippen molar-refractivity contribution in [1.29, 1.82) is 0 Å². The molecule has 16 heteroatoms. The molecule has 2 saturated heterocycles. The quantitative estimate of drug-likeness (QED) is 0.107. The van der Waals surface area contributed by atoms with Crippen LogP contribution in [0.3, 0.4) is 0 Å². The molecule has 7 unspecified atom stereocenters. The normalized spacial score (nSPS) is 33.3. The highest BCUT2D eigenvalue weighted by atomic mass is 16.8. The van der Waals surface area contributed by atoms with E-state index >= 15 is 0 Å². The van der Waals surface area contributed by atoms with Gasteiger partial charge in [-0.3, -0.25) is 14.4 Å². The fraction of sp³-hybridized carbons (Fsp3) is 0.667. The molecular formula is C27H41N3O13. The van der Waals surface area contributed by atoms with Gasteiger partial charge in [-0.2, -0.15) is 0 Å². The van der Waals surface area contributed by atoms with Gasteiger partial charge >= 0.3 is 0 Å². The molecule has 16 nitrogen and oxygen atoms in total. The SMILES string of the molecule is CCC(C)c1ccc(C(=O)NCC(=O)NCC(=O)NCC2O[C@@H](O[C@H]3OC(CO)[C@H](O)C(O)C3O)C(O)C(O)[C@@H]2O)cc1. The van der Waals surface area contributed by atoms with Crippen molar-refractivity contribution < 1.29 is 64.3 Å². The van der Waals surface area contributed by atoms with Crippen molar-refractivity contribution in [2.24, 2.45) is 0 Å². The molecule has 2 heterocycles. The third-order valence-electron chi connectivity index (χ3n) is 7.50. The minimum absolute atomic E-state index is 0.352. The third kappa shape index (κ3) is 8.89. The van der Waals surface area contributed by atoms with Gasteiger partial charge in [-0.25, -0.2) is 0 Å². The first-order valence-corrected chi connectivity index (χ1v) is 13.9. The molecule has 3 amide bonds. The van der Waals surface area contributed by atoms with Crippen LogP contribution >= 0.6 is 0 Å². The lowest BCUT2D eigenvalue weighted by atomic mass is 9.97. The van der Waals surface area contributed by atoms with Crippen molar-refractivity contribution in [2.45, 2.75) is 87.6 Å².